The van der Waals surface area contributed by atoms with Crippen LogP contribution in [0.4, 0.5) is 0 Å². The van der Waals surface area contributed by atoms with Crippen LogP contribution in [0.15, 0.2) is 66.0 Å². The molecule has 0 aliphatic rings. The standard InChI is InChI=1S/C21H23N3O4S/c1-15(2)28-19-10-12-22-21-20(19)17(18(25)11-13-23(3)4)14-24(21)29(26,27)16-8-6-5-7-9-16/h5-15H,1-4H3/b13-11+. The molecule has 0 bridgehead atoms. The molecule has 2 heterocycles. The fourth-order valence-corrected chi connectivity index (χ4v) is 4.17. The monoisotopic (exact) mass is 413 g/mol. The molecule has 152 valence electrons. The van der Waals surface area contributed by atoms with Crippen LogP contribution in [0.3, 0.4) is 0 Å². The first-order chi connectivity index (χ1) is 13.7. The molecule has 0 N–H and O–H groups in total. The minimum absolute atomic E-state index is 0.108. The van der Waals surface area contributed by atoms with E-state index in [0.717, 1.165) is 3.97 Å². The van der Waals surface area contributed by atoms with Crippen molar-refractivity contribution in [3.05, 3.63) is 66.6 Å². The first kappa shape index (κ1) is 20.6. The van der Waals surface area contributed by atoms with E-state index in [1.54, 1.807) is 49.5 Å². The summed E-state index contributed by atoms with van der Waals surface area (Å²) in [5.74, 6) is 0.0703. The van der Waals surface area contributed by atoms with Gasteiger partial charge in [0.25, 0.3) is 10.0 Å². The molecule has 0 unspecified atom stereocenters. The third-order valence-corrected chi connectivity index (χ3v) is 5.73. The lowest BCUT2D eigenvalue weighted by atomic mass is 10.1. The summed E-state index contributed by atoms with van der Waals surface area (Å²) in [6, 6.07) is 9.66. The van der Waals surface area contributed by atoms with Gasteiger partial charge in [0.1, 0.15) is 5.75 Å². The summed E-state index contributed by atoms with van der Waals surface area (Å²) in [6.45, 7) is 3.72. The topological polar surface area (TPSA) is 81.5 Å². The number of ketones is 1. The van der Waals surface area contributed by atoms with Crippen LogP contribution in [0, 0.1) is 0 Å². The minimum atomic E-state index is -3.94. The number of carbonyl (C=O) groups is 1. The Morgan fingerprint density at radius 3 is 2.48 bits per heavy atom. The summed E-state index contributed by atoms with van der Waals surface area (Å²) >= 11 is 0. The molecule has 3 aromatic rings. The van der Waals surface area contributed by atoms with Gasteiger partial charge in [0.15, 0.2) is 11.4 Å². The number of benzene rings is 1. The average molecular weight is 413 g/mol. The molecule has 1 aromatic carbocycles. The van der Waals surface area contributed by atoms with E-state index in [9.17, 15) is 13.2 Å². The van der Waals surface area contributed by atoms with Gasteiger partial charge in [0.2, 0.25) is 0 Å². The summed E-state index contributed by atoms with van der Waals surface area (Å²) in [4.78, 5) is 19.0. The molecule has 0 radical (unpaired) electrons. The zero-order valence-electron chi connectivity index (χ0n) is 16.7. The molecule has 0 saturated heterocycles. The van der Waals surface area contributed by atoms with Gasteiger partial charge >= 0.3 is 0 Å². The number of hydrogen-bond donors (Lipinski definition) is 0. The molecule has 0 amide bonds. The summed E-state index contributed by atoms with van der Waals surface area (Å²) in [5.41, 5.74) is 0.356. The Balaban J connectivity index is 2.29. The Labute approximate surface area is 170 Å². The van der Waals surface area contributed by atoms with E-state index >= 15 is 0 Å². The number of pyridine rings is 1. The zero-order chi connectivity index (χ0) is 21.2. The van der Waals surface area contributed by atoms with Gasteiger partial charge in [-0.3, -0.25) is 4.79 Å². The van der Waals surface area contributed by atoms with Crippen molar-refractivity contribution in [2.75, 3.05) is 14.1 Å². The summed E-state index contributed by atoms with van der Waals surface area (Å²) in [5, 5.41) is 0.370. The smallest absolute Gasteiger partial charge is 0.269 e. The van der Waals surface area contributed by atoms with Crippen molar-refractivity contribution in [3.63, 3.8) is 0 Å². The van der Waals surface area contributed by atoms with E-state index in [1.165, 1.54) is 30.6 Å². The lowest BCUT2D eigenvalue weighted by Gasteiger charge is -2.11. The number of allylic oxidation sites excluding steroid dienone is 1. The fourth-order valence-electron chi connectivity index (χ4n) is 2.83. The summed E-state index contributed by atoms with van der Waals surface area (Å²) in [7, 11) is -0.356. The minimum Gasteiger partial charge on any atom is -0.490 e. The third kappa shape index (κ3) is 4.17. The predicted octanol–water partition coefficient (Wildman–Crippen LogP) is 3.32. The predicted molar refractivity (Wildman–Crippen MR) is 112 cm³/mol. The van der Waals surface area contributed by atoms with Gasteiger partial charge in [-0.05, 0) is 32.0 Å². The van der Waals surface area contributed by atoms with Gasteiger partial charge in [-0.25, -0.2) is 17.4 Å². The van der Waals surface area contributed by atoms with Crippen molar-refractivity contribution in [1.82, 2.24) is 13.9 Å². The number of aromatic nitrogens is 2. The number of rotatable bonds is 7. The maximum absolute atomic E-state index is 13.2. The van der Waals surface area contributed by atoms with Crippen LogP contribution in [0.25, 0.3) is 11.0 Å². The first-order valence-corrected chi connectivity index (χ1v) is 10.5. The second kappa shape index (κ2) is 8.08. The lowest BCUT2D eigenvalue weighted by molar-refractivity contribution is 0.104. The van der Waals surface area contributed by atoms with Crippen LogP contribution in [0.1, 0.15) is 24.2 Å². The number of ether oxygens (including phenoxy) is 1. The molecule has 0 fully saturated rings. The van der Waals surface area contributed by atoms with Crippen molar-refractivity contribution in [2.45, 2.75) is 24.8 Å². The van der Waals surface area contributed by atoms with Crippen molar-refractivity contribution in [1.29, 1.82) is 0 Å². The van der Waals surface area contributed by atoms with Gasteiger partial charge in [-0.1, -0.05) is 18.2 Å². The highest BCUT2D eigenvalue weighted by Crippen LogP contribution is 2.32. The lowest BCUT2D eigenvalue weighted by Crippen LogP contribution is -2.12. The van der Waals surface area contributed by atoms with Crippen molar-refractivity contribution < 1.29 is 17.9 Å². The average Bonchev–Trinajstić information content (AvgIpc) is 3.08. The highest BCUT2D eigenvalue weighted by Gasteiger charge is 2.26. The van der Waals surface area contributed by atoms with Gasteiger partial charge in [0, 0.05) is 38.8 Å². The molecule has 2 aromatic heterocycles. The Morgan fingerprint density at radius 2 is 1.86 bits per heavy atom. The normalized spacial score (nSPS) is 12.0. The van der Waals surface area contributed by atoms with Gasteiger partial charge in [-0.2, -0.15) is 0 Å². The molecular formula is C21H23N3O4S. The van der Waals surface area contributed by atoms with Crippen LogP contribution >= 0.6 is 0 Å². The van der Waals surface area contributed by atoms with Crippen molar-refractivity contribution >= 4 is 26.8 Å². The zero-order valence-corrected chi connectivity index (χ0v) is 17.6. The maximum atomic E-state index is 13.2. The molecule has 0 aliphatic carbocycles. The Hall–Kier alpha value is -3.13. The van der Waals surface area contributed by atoms with Crippen LogP contribution in [-0.4, -0.2) is 48.3 Å². The number of carbonyl (C=O) groups excluding carboxylic acids is 1. The number of fused-ring (bicyclic) bond motifs is 1. The molecule has 0 spiro atoms. The highest BCUT2D eigenvalue weighted by molar-refractivity contribution is 7.90. The molecular weight excluding hydrogens is 390 g/mol. The molecule has 7 nitrogen and oxygen atoms in total. The van der Waals surface area contributed by atoms with Crippen molar-refractivity contribution in [3.8, 4) is 5.75 Å². The van der Waals surface area contributed by atoms with Crippen LogP contribution in [0.2, 0.25) is 0 Å². The Bertz CT molecular complexity index is 1160. The van der Waals surface area contributed by atoms with Crippen molar-refractivity contribution in [2.24, 2.45) is 0 Å². The van der Waals surface area contributed by atoms with Crippen LogP contribution in [-0.2, 0) is 10.0 Å². The first-order valence-electron chi connectivity index (χ1n) is 9.08. The second-order valence-corrected chi connectivity index (χ2v) is 8.79. The molecule has 0 atom stereocenters. The molecule has 3 rings (SSSR count). The van der Waals surface area contributed by atoms with E-state index in [2.05, 4.69) is 4.98 Å². The Morgan fingerprint density at radius 1 is 1.17 bits per heavy atom. The van der Waals surface area contributed by atoms with E-state index in [4.69, 9.17) is 4.74 Å². The van der Waals surface area contributed by atoms with Gasteiger partial charge < -0.3 is 9.64 Å². The van der Waals surface area contributed by atoms with Crippen LogP contribution in [0.5, 0.6) is 5.75 Å². The second-order valence-electron chi connectivity index (χ2n) is 6.97. The molecule has 8 heteroatoms. The maximum Gasteiger partial charge on any atom is 0.269 e. The molecule has 0 saturated carbocycles. The van der Waals surface area contributed by atoms with E-state index < -0.39 is 10.0 Å². The van der Waals surface area contributed by atoms with Crippen LogP contribution < -0.4 is 4.74 Å². The fraction of sp³-hybridized carbons (Fsp3) is 0.238. The largest absolute Gasteiger partial charge is 0.490 e. The molecule has 0 aliphatic heterocycles. The SMILES string of the molecule is CC(C)Oc1ccnc2c1c(C(=O)/C=C/N(C)C)cn2S(=O)(=O)c1ccccc1. The molecule has 29 heavy (non-hydrogen) atoms. The summed E-state index contributed by atoms with van der Waals surface area (Å²) < 4.78 is 33.3. The van der Waals surface area contributed by atoms with Gasteiger partial charge in [0.05, 0.1) is 21.9 Å². The highest BCUT2D eigenvalue weighted by atomic mass is 32.2. The number of nitrogens with zero attached hydrogens (tertiary/aromatic N) is 3. The third-order valence-electron chi connectivity index (χ3n) is 4.07. The Kier molecular flexibility index (Phi) is 5.74. The quantitative estimate of drug-likeness (QED) is 0.437. The number of hydrogen-bond acceptors (Lipinski definition) is 6. The van der Waals surface area contributed by atoms with E-state index in [1.807, 2.05) is 13.8 Å². The van der Waals surface area contributed by atoms with Gasteiger partial charge in [-0.15, -0.1) is 0 Å². The summed E-state index contributed by atoms with van der Waals surface area (Å²) in [6.07, 6.45) is 5.63. The van der Waals surface area contributed by atoms with E-state index in [0.29, 0.717) is 11.1 Å². The van der Waals surface area contributed by atoms with E-state index in [-0.39, 0.29) is 28.0 Å².